The summed E-state index contributed by atoms with van der Waals surface area (Å²) in [6.45, 7) is 2.44. The maximum absolute atomic E-state index is 12.2. The highest BCUT2D eigenvalue weighted by Gasteiger charge is 2.27. The first-order valence-corrected chi connectivity index (χ1v) is 6.47. The number of pyridine rings is 1. The molecule has 2 heterocycles. The molecule has 2 aromatic rings. The third kappa shape index (κ3) is 4.40. The SMILES string of the molecule is Cc1cccc[n+]1Cc1cnc(CCC(F)(F)F)nc1N. The van der Waals surface area contributed by atoms with Gasteiger partial charge in [0.15, 0.2) is 18.4 Å². The summed E-state index contributed by atoms with van der Waals surface area (Å²) in [5, 5.41) is 0. The van der Waals surface area contributed by atoms with Crippen LogP contribution in [0.15, 0.2) is 30.6 Å². The fourth-order valence-electron chi connectivity index (χ4n) is 1.88. The summed E-state index contributed by atoms with van der Waals surface area (Å²) in [4.78, 5) is 7.92. The highest BCUT2D eigenvalue weighted by atomic mass is 19.4. The zero-order valence-electron chi connectivity index (χ0n) is 11.6. The summed E-state index contributed by atoms with van der Waals surface area (Å²) in [5.74, 6) is 0.335. The number of rotatable bonds is 4. The average Bonchev–Trinajstić information content (AvgIpc) is 2.41. The molecule has 0 aliphatic heterocycles. The molecule has 7 heteroatoms. The Morgan fingerprint density at radius 2 is 2.05 bits per heavy atom. The molecule has 21 heavy (non-hydrogen) atoms. The predicted molar refractivity (Wildman–Crippen MR) is 71.3 cm³/mol. The normalized spacial score (nSPS) is 11.6. The lowest BCUT2D eigenvalue weighted by Crippen LogP contribution is -2.37. The predicted octanol–water partition coefficient (Wildman–Crippen LogP) is 2.20. The van der Waals surface area contributed by atoms with Crippen LogP contribution >= 0.6 is 0 Å². The Bertz CT molecular complexity index is 626. The van der Waals surface area contributed by atoms with Crippen molar-refractivity contribution in [3.8, 4) is 0 Å². The van der Waals surface area contributed by atoms with Crippen LogP contribution in [0, 0.1) is 6.92 Å². The van der Waals surface area contributed by atoms with Gasteiger partial charge in [-0.15, -0.1) is 0 Å². The van der Waals surface area contributed by atoms with Gasteiger partial charge in [0.2, 0.25) is 0 Å². The van der Waals surface area contributed by atoms with Gasteiger partial charge < -0.3 is 5.73 Å². The lowest BCUT2D eigenvalue weighted by Gasteiger charge is -2.07. The summed E-state index contributed by atoms with van der Waals surface area (Å²) in [6.07, 6.45) is -2.03. The summed E-state index contributed by atoms with van der Waals surface area (Å²) >= 11 is 0. The third-order valence-corrected chi connectivity index (χ3v) is 3.09. The van der Waals surface area contributed by atoms with Crippen LogP contribution in [0.3, 0.4) is 0 Å². The number of aryl methyl sites for hydroxylation is 2. The molecule has 2 aromatic heterocycles. The molecule has 0 atom stereocenters. The molecule has 0 aromatic carbocycles. The molecule has 4 nitrogen and oxygen atoms in total. The largest absolute Gasteiger partial charge is 0.389 e. The number of hydrogen-bond acceptors (Lipinski definition) is 3. The van der Waals surface area contributed by atoms with Gasteiger partial charge in [-0.3, -0.25) is 0 Å². The molecule has 0 aliphatic rings. The Balaban J connectivity index is 2.11. The summed E-state index contributed by atoms with van der Waals surface area (Å²) < 4.78 is 38.5. The average molecular weight is 297 g/mol. The Labute approximate surface area is 120 Å². The van der Waals surface area contributed by atoms with Crippen molar-refractivity contribution in [1.82, 2.24) is 9.97 Å². The minimum Gasteiger partial charge on any atom is -0.383 e. The van der Waals surface area contributed by atoms with E-state index in [1.165, 1.54) is 6.20 Å². The fourth-order valence-corrected chi connectivity index (χ4v) is 1.88. The highest BCUT2D eigenvalue weighted by molar-refractivity contribution is 5.36. The van der Waals surface area contributed by atoms with Crippen molar-refractivity contribution in [2.45, 2.75) is 32.5 Å². The molecule has 112 valence electrons. The van der Waals surface area contributed by atoms with Crippen LogP contribution in [-0.4, -0.2) is 16.1 Å². The quantitative estimate of drug-likeness (QED) is 0.880. The van der Waals surface area contributed by atoms with E-state index in [1.807, 2.05) is 35.9 Å². The van der Waals surface area contributed by atoms with E-state index in [-0.39, 0.29) is 18.1 Å². The lowest BCUT2D eigenvalue weighted by atomic mass is 10.2. The van der Waals surface area contributed by atoms with Crippen LogP contribution in [0.1, 0.15) is 23.5 Å². The fraction of sp³-hybridized carbons (Fsp3) is 0.357. The summed E-state index contributed by atoms with van der Waals surface area (Å²) in [6, 6.07) is 5.77. The van der Waals surface area contributed by atoms with Gasteiger partial charge in [-0.05, 0) is 0 Å². The first-order chi connectivity index (χ1) is 9.85. The van der Waals surface area contributed by atoms with Crippen LogP contribution in [0.5, 0.6) is 0 Å². The number of nitrogen functional groups attached to an aromatic ring is 1. The zero-order chi connectivity index (χ0) is 15.5. The number of nitrogens with two attached hydrogens (primary N) is 1. The molecular weight excluding hydrogens is 281 g/mol. The Hall–Kier alpha value is -2.18. The molecule has 0 bridgehead atoms. The van der Waals surface area contributed by atoms with Crippen molar-refractivity contribution in [3.05, 3.63) is 47.7 Å². The van der Waals surface area contributed by atoms with E-state index < -0.39 is 12.6 Å². The molecule has 2 rings (SSSR count). The number of alkyl halides is 3. The number of halogens is 3. The van der Waals surface area contributed by atoms with Gasteiger partial charge in [-0.2, -0.15) is 17.7 Å². The second kappa shape index (κ2) is 6.07. The second-order valence-electron chi connectivity index (χ2n) is 4.78. The summed E-state index contributed by atoms with van der Waals surface area (Å²) in [7, 11) is 0. The molecular formula is C14H16F3N4+. The standard InChI is InChI=1S/C14H16F3N4/c1-10-4-2-3-7-21(10)9-11-8-19-12(20-13(11)18)5-6-14(15,16)17/h2-4,7-8H,5-6,9H2,1H3,(H2,18,19,20)/q+1. The first kappa shape index (κ1) is 15.2. The Morgan fingerprint density at radius 3 is 2.67 bits per heavy atom. The van der Waals surface area contributed by atoms with Gasteiger partial charge >= 0.3 is 6.18 Å². The number of nitrogens with zero attached hydrogens (tertiary/aromatic N) is 3. The van der Waals surface area contributed by atoms with Gasteiger partial charge in [0.05, 0.1) is 12.0 Å². The van der Waals surface area contributed by atoms with Gasteiger partial charge in [-0.1, -0.05) is 6.07 Å². The summed E-state index contributed by atoms with van der Waals surface area (Å²) in [5.41, 5.74) is 7.54. The van der Waals surface area contributed by atoms with Crippen LogP contribution in [0.2, 0.25) is 0 Å². The number of anilines is 1. The molecule has 0 aliphatic carbocycles. The Morgan fingerprint density at radius 1 is 1.29 bits per heavy atom. The maximum Gasteiger partial charge on any atom is 0.389 e. The first-order valence-electron chi connectivity index (χ1n) is 6.47. The molecule has 0 unspecified atom stereocenters. The van der Waals surface area contributed by atoms with Crippen LogP contribution in [-0.2, 0) is 13.0 Å². The molecule has 0 spiro atoms. The Kier molecular flexibility index (Phi) is 4.40. The molecule has 0 fully saturated rings. The highest BCUT2D eigenvalue weighted by Crippen LogP contribution is 2.21. The third-order valence-electron chi connectivity index (χ3n) is 3.09. The van der Waals surface area contributed by atoms with Gasteiger partial charge in [0, 0.05) is 31.7 Å². The van der Waals surface area contributed by atoms with E-state index in [0.717, 1.165) is 5.69 Å². The van der Waals surface area contributed by atoms with E-state index in [2.05, 4.69) is 9.97 Å². The topological polar surface area (TPSA) is 55.7 Å². The van der Waals surface area contributed by atoms with E-state index in [1.54, 1.807) is 0 Å². The van der Waals surface area contributed by atoms with E-state index in [4.69, 9.17) is 5.73 Å². The molecule has 0 saturated heterocycles. The number of aromatic nitrogens is 3. The molecule has 0 saturated carbocycles. The van der Waals surface area contributed by atoms with Gasteiger partial charge in [-0.25, -0.2) is 9.97 Å². The zero-order valence-corrected chi connectivity index (χ0v) is 11.6. The minimum absolute atomic E-state index is 0.114. The van der Waals surface area contributed by atoms with E-state index in [9.17, 15) is 13.2 Å². The van der Waals surface area contributed by atoms with Gasteiger partial charge in [0.25, 0.3) is 0 Å². The van der Waals surface area contributed by atoms with Crippen LogP contribution < -0.4 is 10.3 Å². The van der Waals surface area contributed by atoms with Crippen LogP contribution in [0.25, 0.3) is 0 Å². The van der Waals surface area contributed by atoms with Gasteiger partial charge in [0.1, 0.15) is 11.6 Å². The smallest absolute Gasteiger partial charge is 0.383 e. The van der Waals surface area contributed by atoms with E-state index in [0.29, 0.717) is 12.1 Å². The van der Waals surface area contributed by atoms with Crippen molar-refractivity contribution in [1.29, 1.82) is 0 Å². The van der Waals surface area contributed by atoms with Crippen molar-refractivity contribution in [2.75, 3.05) is 5.73 Å². The van der Waals surface area contributed by atoms with Crippen molar-refractivity contribution in [3.63, 3.8) is 0 Å². The molecule has 2 N–H and O–H groups in total. The molecule has 0 amide bonds. The van der Waals surface area contributed by atoms with Crippen molar-refractivity contribution < 1.29 is 17.7 Å². The minimum atomic E-state index is -4.21. The monoisotopic (exact) mass is 297 g/mol. The molecule has 0 radical (unpaired) electrons. The maximum atomic E-state index is 12.2. The lowest BCUT2D eigenvalue weighted by molar-refractivity contribution is -0.694. The van der Waals surface area contributed by atoms with E-state index >= 15 is 0 Å². The second-order valence-corrected chi connectivity index (χ2v) is 4.78. The van der Waals surface area contributed by atoms with Crippen molar-refractivity contribution in [2.24, 2.45) is 0 Å². The number of hydrogen-bond donors (Lipinski definition) is 1. The van der Waals surface area contributed by atoms with Crippen molar-refractivity contribution >= 4 is 5.82 Å². The van der Waals surface area contributed by atoms with Crippen LogP contribution in [0.4, 0.5) is 19.0 Å².